The molecule has 3 nitrogen and oxygen atoms in total. The molecule has 3 aromatic rings. The van der Waals surface area contributed by atoms with Crippen LogP contribution in [-0.2, 0) is 26.1 Å². The van der Waals surface area contributed by atoms with Gasteiger partial charge in [-0.25, -0.2) is 0 Å². The zero-order valence-corrected chi connectivity index (χ0v) is 13.2. The van der Waals surface area contributed by atoms with Crippen LogP contribution in [-0.4, -0.2) is 21.5 Å². The van der Waals surface area contributed by atoms with Crippen molar-refractivity contribution in [3.05, 3.63) is 65.1 Å². The van der Waals surface area contributed by atoms with Crippen molar-refractivity contribution in [2.75, 3.05) is 7.05 Å². The van der Waals surface area contributed by atoms with E-state index in [-0.39, 0.29) is 0 Å². The lowest BCUT2D eigenvalue weighted by Gasteiger charge is -2.12. The van der Waals surface area contributed by atoms with Crippen LogP contribution in [0.3, 0.4) is 0 Å². The molecule has 0 radical (unpaired) electrons. The summed E-state index contributed by atoms with van der Waals surface area (Å²) in [5.74, 6) is 0. The molecule has 0 saturated carbocycles. The molecular weight excluding hydrogens is 270 g/mol. The molecule has 3 heteroatoms. The molecule has 22 heavy (non-hydrogen) atoms. The lowest BCUT2D eigenvalue weighted by molar-refractivity contribution is 0.347. The van der Waals surface area contributed by atoms with Gasteiger partial charge in [-0.05, 0) is 43.8 Å². The topological polar surface area (TPSA) is 21.1 Å². The highest BCUT2D eigenvalue weighted by atomic mass is 15.2. The highest BCUT2D eigenvalue weighted by Crippen LogP contribution is 2.33. The lowest BCUT2D eigenvalue weighted by atomic mass is 10.1. The minimum Gasteiger partial charge on any atom is -0.343 e. The summed E-state index contributed by atoms with van der Waals surface area (Å²) in [6.45, 7) is 5.28. The fourth-order valence-corrected chi connectivity index (χ4v) is 3.56. The van der Waals surface area contributed by atoms with Gasteiger partial charge in [0.15, 0.2) is 0 Å². The highest BCUT2D eigenvalue weighted by molar-refractivity contribution is 5.86. The largest absolute Gasteiger partial charge is 0.343 e. The fourth-order valence-electron chi connectivity index (χ4n) is 3.56. The lowest BCUT2D eigenvalue weighted by Crippen LogP contribution is -2.12. The number of aryl methyl sites for hydroxylation is 3. The van der Waals surface area contributed by atoms with Gasteiger partial charge in [0, 0.05) is 54.5 Å². The van der Waals surface area contributed by atoms with Gasteiger partial charge in [-0.15, -0.1) is 0 Å². The molecule has 0 N–H and O–H groups in total. The van der Waals surface area contributed by atoms with Crippen LogP contribution >= 0.6 is 0 Å². The predicted molar refractivity (Wildman–Crippen MR) is 89.8 cm³/mol. The first-order chi connectivity index (χ1) is 10.7. The second kappa shape index (κ2) is 5.25. The Hall–Kier alpha value is -2.13. The Morgan fingerprint density at radius 2 is 2.05 bits per heavy atom. The average molecular weight is 291 g/mol. The summed E-state index contributed by atoms with van der Waals surface area (Å²) in [6, 6.07) is 13.0. The molecule has 0 bridgehead atoms. The smallest absolute Gasteiger partial charge is 0.0486 e. The van der Waals surface area contributed by atoms with Gasteiger partial charge in [-0.1, -0.05) is 17.7 Å². The molecule has 1 aliphatic heterocycles. The maximum atomic E-state index is 4.46. The van der Waals surface area contributed by atoms with Gasteiger partial charge in [0.1, 0.15) is 0 Å². The van der Waals surface area contributed by atoms with Crippen molar-refractivity contribution in [3.8, 4) is 0 Å². The van der Waals surface area contributed by atoms with Crippen LogP contribution in [0.25, 0.3) is 10.9 Å². The number of nitrogens with zero attached hydrogens (tertiary/aromatic N) is 3. The number of hydrogen-bond acceptors (Lipinski definition) is 2. The van der Waals surface area contributed by atoms with E-state index in [1.165, 1.54) is 27.7 Å². The van der Waals surface area contributed by atoms with Gasteiger partial charge in [0.25, 0.3) is 0 Å². The molecule has 112 valence electrons. The Labute approximate surface area is 131 Å². The molecule has 0 atom stereocenters. The summed E-state index contributed by atoms with van der Waals surface area (Å²) in [4.78, 5) is 6.85. The van der Waals surface area contributed by atoms with Gasteiger partial charge in [-0.2, -0.15) is 0 Å². The van der Waals surface area contributed by atoms with E-state index in [2.05, 4.69) is 58.8 Å². The SMILES string of the molecule is Cc1ccc2c(c1)c1c(n2CCc2ccccn2)CN(C)C1. The molecule has 0 amide bonds. The molecule has 4 rings (SSSR count). The van der Waals surface area contributed by atoms with E-state index in [0.29, 0.717) is 0 Å². The summed E-state index contributed by atoms with van der Waals surface area (Å²) < 4.78 is 2.50. The monoisotopic (exact) mass is 291 g/mol. The predicted octanol–water partition coefficient (Wildman–Crippen LogP) is 3.53. The van der Waals surface area contributed by atoms with Crippen LogP contribution in [0, 0.1) is 6.92 Å². The average Bonchev–Trinajstić information content (AvgIpc) is 3.02. The van der Waals surface area contributed by atoms with Gasteiger partial charge >= 0.3 is 0 Å². The number of fused-ring (bicyclic) bond motifs is 3. The summed E-state index contributed by atoms with van der Waals surface area (Å²) in [7, 11) is 2.20. The van der Waals surface area contributed by atoms with Crippen LogP contribution in [0.5, 0.6) is 0 Å². The summed E-state index contributed by atoms with van der Waals surface area (Å²) in [6.07, 6.45) is 2.86. The first kappa shape index (κ1) is 13.5. The van der Waals surface area contributed by atoms with Crippen molar-refractivity contribution in [2.45, 2.75) is 33.0 Å². The maximum absolute atomic E-state index is 4.46. The third-order valence-corrected chi connectivity index (χ3v) is 4.61. The Morgan fingerprint density at radius 3 is 2.86 bits per heavy atom. The van der Waals surface area contributed by atoms with E-state index in [1.54, 1.807) is 0 Å². The second-order valence-electron chi connectivity index (χ2n) is 6.34. The Kier molecular flexibility index (Phi) is 3.23. The Bertz CT molecular complexity index is 818. The fraction of sp³-hybridized carbons (Fsp3) is 0.316. The van der Waals surface area contributed by atoms with Gasteiger partial charge in [0.05, 0.1) is 0 Å². The third kappa shape index (κ3) is 2.22. The van der Waals surface area contributed by atoms with Crippen molar-refractivity contribution in [1.29, 1.82) is 0 Å². The van der Waals surface area contributed by atoms with Crippen LogP contribution < -0.4 is 0 Å². The van der Waals surface area contributed by atoms with Crippen LogP contribution in [0.2, 0.25) is 0 Å². The first-order valence-corrected chi connectivity index (χ1v) is 7.91. The molecule has 2 aromatic heterocycles. The molecule has 3 heterocycles. The highest BCUT2D eigenvalue weighted by Gasteiger charge is 2.24. The molecular formula is C19H21N3. The molecule has 1 aromatic carbocycles. The van der Waals surface area contributed by atoms with Crippen molar-refractivity contribution in [2.24, 2.45) is 0 Å². The Balaban J connectivity index is 1.75. The van der Waals surface area contributed by atoms with E-state index in [9.17, 15) is 0 Å². The summed E-state index contributed by atoms with van der Waals surface area (Å²) >= 11 is 0. The van der Waals surface area contributed by atoms with Crippen molar-refractivity contribution < 1.29 is 0 Å². The number of benzene rings is 1. The molecule has 0 saturated heterocycles. The van der Waals surface area contributed by atoms with Crippen LogP contribution in [0.4, 0.5) is 0 Å². The normalized spacial score (nSPS) is 14.6. The van der Waals surface area contributed by atoms with E-state index >= 15 is 0 Å². The van der Waals surface area contributed by atoms with E-state index in [4.69, 9.17) is 0 Å². The number of pyridine rings is 1. The zero-order valence-electron chi connectivity index (χ0n) is 13.2. The minimum absolute atomic E-state index is 0.981. The van der Waals surface area contributed by atoms with Crippen LogP contribution in [0.15, 0.2) is 42.6 Å². The third-order valence-electron chi connectivity index (χ3n) is 4.61. The second-order valence-corrected chi connectivity index (χ2v) is 6.34. The summed E-state index contributed by atoms with van der Waals surface area (Å²) in [5, 5.41) is 1.43. The van der Waals surface area contributed by atoms with Crippen molar-refractivity contribution in [3.63, 3.8) is 0 Å². The van der Waals surface area contributed by atoms with Crippen molar-refractivity contribution in [1.82, 2.24) is 14.5 Å². The molecule has 0 spiro atoms. The molecule has 0 unspecified atom stereocenters. The first-order valence-electron chi connectivity index (χ1n) is 7.91. The quantitative estimate of drug-likeness (QED) is 0.736. The molecule has 0 fully saturated rings. The van der Waals surface area contributed by atoms with Gasteiger partial charge < -0.3 is 4.57 Å². The zero-order chi connectivity index (χ0) is 15.1. The Morgan fingerprint density at radius 1 is 1.14 bits per heavy atom. The maximum Gasteiger partial charge on any atom is 0.0486 e. The minimum atomic E-state index is 0.981. The van der Waals surface area contributed by atoms with E-state index in [0.717, 1.165) is 31.7 Å². The summed E-state index contributed by atoms with van der Waals surface area (Å²) in [5.41, 5.74) is 6.88. The van der Waals surface area contributed by atoms with Crippen molar-refractivity contribution >= 4 is 10.9 Å². The number of rotatable bonds is 3. The van der Waals surface area contributed by atoms with E-state index < -0.39 is 0 Å². The van der Waals surface area contributed by atoms with Crippen LogP contribution in [0.1, 0.15) is 22.5 Å². The van der Waals surface area contributed by atoms with Gasteiger partial charge in [0.2, 0.25) is 0 Å². The standard InChI is InChI=1S/C19H21N3/c1-14-6-7-18-16(11-14)17-12-21(2)13-19(17)22(18)10-8-15-5-3-4-9-20-15/h3-7,9,11H,8,10,12-13H2,1-2H3. The number of aromatic nitrogens is 2. The van der Waals surface area contributed by atoms with E-state index in [1.807, 2.05) is 12.3 Å². The molecule has 0 aliphatic carbocycles. The molecule has 1 aliphatic rings. The number of hydrogen-bond donors (Lipinski definition) is 0. The van der Waals surface area contributed by atoms with Gasteiger partial charge in [-0.3, -0.25) is 9.88 Å².